The van der Waals surface area contributed by atoms with E-state index in [1.807, 2.05) is 72.2 Å². The maximum Gasteiger partial charge on any atom is 0.387 e. The van der Waals surface area contributed by atoms with Crippen molar-refractivity contribution in [2.24, 2.45) is 0 Å². The number of aryl methyl sites for hydroxylation is 1. The highest BCUT2D eigenvalue weighted by atomic mass is 79.9. The van der Waals surface area contributed by atoms with Crippen molar-refractivity contribution in [1.29, 1.82) is 0 Å². The third-order valence-corrected chi connectivity index (χ3v) is 5.81. The van der Waals surface area contributed by atoms with Gasteiger partial charge in [-0.15, -0.1) is 0 Å². The van der Waals surface area contributed by atoms with E-state index in [1.54, 1.807) is 12.1 Å². The van der Waals surface area contributed by atoms with E-state index in [1.165, 1.54) is 0 Å². The summed E-state index contributed by atoms with van der Waals surface area (Å²) in [5.74, 6) is 0.778. The van der Waals surface area contributed by atoms with Crippen molar-refractivity contribution in [3.63, 3.8) is 0 Å². The molecule has 156 valence electrons. The van der Waals surface area contributed by atoms with Gasteiger partial charge in [-0.2, -0.15) is 8.78 Å². The zero-order chi connectivity index (χ0) is 21.5. The number of allylic oxidation sites excluding steroid dienone is 1. The zero-order valence-electron chi connectivity index (χ0n) is 16.5. The third kappa shape index (κ3) is 3.70. The number of hydrogen-bond acceptors (Lipinski definition) is 3. The summed E-state index contributed by atoms with van der Waals surface area (Å²) >= 11 is 3.47. The van der Waals surface area contributed by atoms with Gasteiger partial charge in [0, 0.05) is 15.7 Å². The highest BCUT2D eigenvalue weighted by molar-refractivity contribution is 9.10. The molecule has 31 heavy (non-hydrogen) atoms. The Hall–Kier alpha value is -3.19. The molecule has 7 heteroatoms. The van der Waals surface area contributed by atoms with E-state index in [0.29, 0.717) is 11.5 Å². The van der Waals surface area contributed by atoms with Gasteiger partial charge < -0.3 is 10.1 Å². The van der Waals surface area contributed by atoms with Crippen molar-refractivity contribution >= 4 is 38.6 Å². The first-order chi connectivity index (χ1) is 15.0. The van der Waals surface area contributed by atoms with Crippen LogP contribution in [-0.2, 0) is 0 Å². The second-order valence-electron chi connectivity index (χ2n) is 7.37. The number of imidazole rings is 1. The summed E-state index contributed by atoms with van der Waals surface area (Å²) in [5, 5.41) is 3.41. The molecular weight excluding hydrogens is 464 g/mol. The molecule has 0 radical (unpaired) electrons. The molecule has 1 N–H and O–H groups in total. The first-order valence-electron chi connectivity index (χ1n) is 9.77. The van der Waals surface area contributed by atoms with E-state index in [2.05, 4.69) is 21.2 Å². The minimum atomic E-state index is -2.92. The number of halogens is 3. The minimum absolute atomic E-state index is 0.133. The fourth-order valence-electron chi connectivity index (χ4n) is 3.89. The highest BCUT2D eigenvalue weighted by Gasteiger charge is 2.28. The number of nitrogens with zero attached hydrogens (tertiary/aromatic N) is 2. The Morgan fingerprint density at radius 3 is 2.61 bits per heavy atom. The molecule has 0 saturated heterocycles. The summed E-state index contributed by atoms with van der Waals surface area (Å²) in [6, 6.07) is 20.6. The number of alkyl halides is 2. The average Bonchev–Trinajstić information content (AvgIpc) is 3.13. The van der Waals surface area contributed by atoms with E-state index in [-0.39, 0.29) is 5.75 Å². The second-order valence-corrected chi connectivity index (χ2v) is 8.29. The van der Waals surface area contributed by atoms with Gasteiger partial charge in [-0.25, -0.2) is 4.98 Å². The van der Waals surface area contributed by atoms with E-state index in [4.69, 9.17) is 9.72 Å². The lowest BCUT2D eigenvalue weighted by Gasteiger charge is -2.28. The van der Waals surface area contributed by atoms with Crippen molar-refractivity contribution in [1.82, 2.24) is 9.55 Å². The predicted octanol–water partition coefficient (Wildman–Crippen LogP) is 6.76. The van der Waals surface area contributed by atoms with Crippen molar-refractivity contribution in [3.05, 3.63) is 94.0 Å². The lowest BCUT2D eigenvalue weighted by Crippen LogP contribution is -2.20. The average molecular weight is 482 g/mol. The number of benzene rings is 3. The van der Waals surface area contributed by atoms with E-state index < -0.39 is 12.7 Å². The van der Waals surface area contributed by atoms with Gasteiger partial charge in [0.1, 0.15) is 5.75 Å². The SMILES string of the molecule is Cc1ccc(C2=C[C@H](c3cc(Br)ccc3OC(F)F)n3c(nc4ccccc43)N2)cc1. The first-order valence-corrected chi connectivity index (χ1v) is 10.6. The molecule has 3 aromatic carbocycles. The van der Waals surface area contributed by atoms with Gasteiger partial charge in [0.2, 0.25) is 5.95 Å². The maximum atomic E-state index is 13.2. The van der Waals surface area contributed by atoms with Crippen LogP contribution in [0.25, 0.3) is 16.7 Å². The highest BCUT2D eigenvalue weighted by Crippen LogP contribution is 2.41. The summed E-state index contributed by atoms with van der Waals surface area (Å²) in [6.07, 6.45) is 2.02. The van der Waals surface area contributed by atoms with Crippen LogP contribution in [0.4, 0.5) is 14.7 Å². The molecule has 0 unspecified atom stereocenters. The smallest absolute Gasteiger partial charge is 0.387 e. The predicted molar refractivity (Wildman–Crippen MR) is 121 cm³/mol. The van der Waals surface area contributed by atoms with Crippen molar-refractivity contribution < 1.29 is 13.5 Å². The van der Waals surface area contributed by atoms with Crippen LogP contribution in [0.3, 0.4) is 0 Å². The first kappa shape index (κ1) is 19.8. The molecule has 4 nitrogen and oxygen atoms in total. The Bertz CT molecular complexity index is 1300. The van der Waals surface area contributed by atoms with Crippen molar-refractivity contribution in [3.8, 4) is 5.75 Å². The molecule has 1 aliphatic heterocycles. The molecule has 2 heterocycles. The molecule has 5 rings (SSSR count). The zero-order valence-corrected chi connectivity index (χ0v) is 18.1. The topological polar surface area (TPSA) is 39.1 Å². The number of para-hydroxylation sites is 2. The third-order valence-electron chi connectivity index (χ3n) is 5.31. The number of anilines is 1. The molecule has 0 amide bonds. The van der Waals surface area contributed by atoms with E-state index in [9.17, 15) is 8.78 Å². The van der Waals surface area contributed by atoms with Crippen LogP contribution in [0.15, 0.2) is 77.3 Å². The van der Waals surface area contributed by atoms with Gasteiger partial charge >= 0.3 is 6.61 Å². The fraction of sp³-hybridized carbons (Fsp3) is 0.125. The van der Waals surface area contributed by atoms with E-state index >= 15 is 0 Å². The van der Waals surface area contributed by atoms with Crippen LogP contribution in [0.2, 0.25) is 0 Å². The molecule has 0 fully saturated rings. The fourth-order valence-corrected chi connectivity index (χ4v) is 4.27. The number of rotatable bonds is 4. The van der Waals surface area contributed by atoms with Gasteiger partial charge in [-0.1, -0.05) is 57.9 Å². The van der Waals surface area contributed by atoms with Crippen LogP contribution in [0.5, 0.6) is 5.75 Å². The molecule has 0 spiro atoms. The number of aromatic nitrogens is 2. The number of hydrogen-bond donors (Lipinski definition) is 1. The molecule has 1 aliphatic rings. The van der Waals surface area contributed by atoms with E-state index in [0.717, 1.165) is 32.3 Å². The van der Waals surface area contributed by atoms with Crippen LogP contribution in [-0.4, -0.2) is 16.2 Å². The molecule has 4 aromatic rings. The summed E-state index contributed by atoms with van der Waals surface area (Å²) < 4.78 is 34.0. The standard InChI is InChI=1S/C24H18BrF2N3O/c1-14-6-8-15(9-7-14)19-13-21(17-12-16(25)10-11-22(17)31-23(26)27)30-20-5-3-2-4-18(20)28-24(30)29-19/h2-13,21,23H,1H3,(H,28,29)/t21-/m1/s1. The van der Waals surface area contributed by atoms with Crippen LogP contribution in [0, 0.1) is 6.92 Å². The molecule has 0 saturated carbocycles. The van der Waals surface area contributed by atoms with Gasteiger partial charge in [0.25, 0.3) is 0 Å². The van der Waals surface area contributed by atoms with Gasteiger partial charge in [-0.3, -0.25) is 4.57 Å². The monoisotopic (exact) mass is 481 g/mol. The lowest BCUT2D eigenvalue weighted by molar-refractivity contribution is -0.0505. The minimum Gasteiger partial charge on any atom is -0.434 e. The molecule has 0 aliphatic carbocycles. The van der Waals surface area contributed by atoms with Crippen LogP contribution < -0.4 is 10.1 Å². The molecule has 1 atom stereocenters. The second kappa shape index (κ2) is 7.81. The maximum absolute atomic E-state index is 13.2. The Balaban J connectivity index is 1.74. The Labute approximate surface area is 186 Å². The Kier molecular flexibility index (Phi) is 4.98. The number of ether oxygens (including phenoxy) is 1. The summed E-state index contributed by atoms with van der Waals surface area (Å²) in [6.45, 7) is -0.884. The quantitative estimate of drug-likeness (QED) is 0.349. The summed E-state index contributed by atoms with van der Waals surface area (Å²) in [4.78, 5) is 4.75. The number of nitrogens with one attached hydrogen (secondary N) is 1. The molecular formula is C24H18BrF2N3O. The van der Waals surface area contributed by atoms with Gasteiger partial charge in [0.05, 0.1) is 17.1 Å². The van der Waals surface area contributed by atoms with Crippen LogP contribution >= 0.6 is 15.9 Å². The molecule has 1 aromatic heterocycles. The lowest BCUT2D eigenvalue weighted by atomic mass is 9.99. The normalized spacial score (nSPS) is 15.5. The van der Waals surface area contributed by atoms with Gasteiger partial charge in [0.15, 0.2) is 0 Å². The van der Waals surface area contributed by atoms with Crippen molar-refractivity contribution in [2.45, 2.75) is 19.6 Å². The Morgan fingerprint density at radius 1 is 1.06 bits per heavy atom. The summed E-state index contributed by atoms with van der Waals surface area (Å²) in [5.41, 5.74) is 5.34. The Morgan fingerprint density at radius 2 is 1.84 bits per heavy atom. The largest absolute Gasteiger partial charge is 0.434 e. The van der Waals surface area contributed by atoms with Gasteiger partial charge in [-0.05, 0) is 48.9 Å². The van der Waals surface area contributed by atoms with Crippen molar-refractivity contribution in [2.75, 3.05) is 5.32 Å². The summed E-state index contributed by atoms with van der Waals surface area (Å²) in [7, 11) is 0. The number of fused-ring (bicyclic) bond motifs is 3. The molecule has 0 bridgehead atoms. The van der Waals surface area contributed by atoms with Crippen LogP contribution in [0.1, 0.15) is 22.7 Å².